The molecule has 0 aliphatic rings. The number of anilines is 1. The minimum Gasteiger partial charge on any atom is -0.411 e. The molecule has 6 nitrogen and oxygen atoms in total. The van der Waals surface area contributed by atoms with Crippen LogP contribution in [0, 0.1) is 6.92 Å². The number of nitrogens with zero attached hydrogens (tertiary/aromatic N) is 2. The fourth-order valence-corrected chi connectivity index (χ4v) is 3.67. The summed E-state index contributed by atoms with van der Waals surface area (Å²) in [5.74, 6) is 0. The number of hydrogen-bond acceptors (Lipinski definition) is 6. The van der Waals surface area contributed by atoms with Crippen LogP contribution in [0.5, 0.6) is 0 Å². The number of nitrogens with one attached hydrogen (secondary N) is 1. The monoisotopic (exact) mass is 311 g/mol. The highest BCUT2D eigenvalue weighted by Gasteiger charge is 2.17. The summed E-state index contributed by atoms with van der Waals surface area (Å²) in [4.78, 5) is 3.93. The van der Waals surface area contributed by atoms with Crippen molar-refractivity contribution in [2.45, 2.75) is 18.1 Å². The quantitative estimate of drug-likeness (QED) is 0.515. The minimum absolute atomic E-state index is 0.173. The Hall–Kier alpha value is -1.93. The van der Waals surface area contributed by atoms with Crippen LogP contribution >= 0.6 is 11.3 Å². The van der Waals surface area contributed by atoms with Crippen LogP contribution in [0.4, 0.5) is 5.69 Å². The van der Waals surface area contributed by atoms with Crippen molar-refractivity contribution < 1.29 is 13.6 Å². The van der Waals surface area contributed by atoms with E-state index < -0.39 is 10.0 Å². The van der Waals surface area contributed by atoms with Gasteiger partial charge in [-0.15, -0.1) is 11.3 Å². The minimum atomic E-state index is -3.60. The summed E-state index contributed by atoms with van der Waals surface area (Å²) >= 11 is 1.11. The molecule has 0 unspecified atom stereocenters. The maximum absolute atomic E-state index is 12.1. The Labute approximate surface area is 120 Å². The highest BCUT2D eigenvalue weighted by molar-refractivity contribution is 7.94. The molecule has 20 heavy (non-hydrogen) atoms. The molecule has 2 N–H and O–H groups in total. The molecule has 1 aromatic heterocycles. The van der Waals surface area contributed by atoms with E-state index >= 15 is 0 Å². The van der Waals surface area contributed by atoms with Crippen LogP contribution in [-0.4, -0.2) is 24.3 Å². The lowest BCUT2D eigenvalue weighted by molar-refractivity contribution is 0.319. The third-order valence-electron chi connectivity index (χ3n) is 2.57. The summed E-state index contributed by atoms with van der Waals surface area (Å²) in [5.41, 5.74) is 1.60. The van der Waals surface area contributed by atoms with Gasteiger partial charge in [-0.1, -0.05) is 17.3 Å². The molecule has 0 bridgehead atoms. The fraction of sp³-hybridized carbons (Fsp3) is 0.167. The van der Waals surface area contributed by atoms with Crippen LogP contribution in [-0.2, 0) is 10.0 Å². The molecular weight excluding hydrogens is 298 g/mol. The second-order valence-electron chi connectivity index (χ2n) is 4.07. The Kier molecular flexibility index (Phi) is 4.05. The zero-order valence-corrected chi connectivity index (χ0v) is 12.5. The number of aryl methyl sites for hydroxylation is 1. The van der Waals surface area contributed by atoms with Crippen LogP contribution in [0.2, 0.25) is 0 Å². The van der Waals surface area contributed by atoms with Gasteiger partial charge in [0.1, 0.15) is 0 Å². The van der Waals surface area contributed by atoms with Crippen molar-refractivity contribution >= 4 is 32.8 Å². The van der Waals surface area contributed by atoms with Gasteiger partial charge in [0.05, 0.1) is 16.9 Å². The molecule has 1 aromatic carbocycles. The Morgan fingerprint density at radius 3 is 2.50 bits per heavy atom. The van der Waals surface area contributed by atoms with Gasteiger partial charge in [0.2, 0.25) is 0 Å². The number of thiazole rings is 1. The molecule has 0 aliphatic heterocycles. The van der Waals surface area contributed by atoms with E-state index in [-0.39, 0.29) is 4.21 Å². The second kappa shape index (κ2) is 5.59. The molecule has 2 aromatic rings. The average Bonchev–Trinajstić information content (AvgIpc) is 2.86. The smallest absolute Gasteiger partial charge is 0.273 e. The summed E-state index contributed by atoms with van der Waals surface area (Å²) in [7, 11) is -3.60. The van der Waals surface area contributed by atoms with Crippen molar-refractivity contribution in [2.75, 3.05) is 4.72 Å². The molecule has 8 heteroatoms. The lowest BCUT2D eigenvalue weighted by Gasteiger charge is -2.06. The van der Waals surface area contributed by atoms with Gasteiger partial charge in [0.15, 0.2) is 4.21 Å². The third-order valence-corrected chi connectivity index (χ3v) is 5.33. The molecule has 1 heterocycles. The van der Waals surface area contributed by atoms with Crippen LogP contribution in [0.3, 0.4) is 0 Å². The van der Waals surface area contributed by atoms with Crippen molar-refractivity contribution in [1.82, 2.24) is 4.98 Å². The van der Waals surface area contributed by atoms with Gasteiger partial charge < -0.3 is 5.21 Å². The van der Waals surface area contributed by atoms with E-state index in [1.807, 2.05) is 0 Å². The van der Waals surface area contributed by atoms with E-state index in [1.165, 1.54) is 6.20 Å². The number of aromatic nitrogens is 1. The summed E-state index contributed by atoms with van der Waals surface area (Å²) in [5, 5.41) is 12.4. The molecule has 106 valence electrons. The zero-order valence-electron chi connectivity index (χ0n) is 10.9. The van der Waals surface area contributed by atoms with Gasteiger partial charge in [-0.25, -0.2) is 13.4 Å². The molecule has 0 radical (unpaired) electrons. The molecule has 0 aliphatic carbocycles. The molecule has 2 rings (SSSR count). The van der Waals surface area contributed by atoms with Gasteiger partial charge in [-0.2, -0.15) is 0 Å². The third kappa shape index (κ3) is 3.14. The van der Waals surface area contributed by atoms with Gasteiger partial charge in [-0.05, 0) is 31.5 Å². The number of hydrogen-bond donors (Lipinski definition) is 2. The molecule has 0 atom stereocenters. The molecule has 0 saturated heterocycles. The zero-order chi connectivity index (χ0) is 14.8. The van der Waals surface area contributed by atoms with Crippen molar-refractivity contribution in [3.63, 3.8) is 0 Å². The topological polar surface area (TPSA) is 91.7 Å². The molecule has 0 saturated carbocycles. The standard InChI is InChI=1S/C12H13N3O3S2/c1-8(14-16)10-3-5-11(6-4-10)15-20(17,18)12-7-13-9(2)19-12/h3-7,15-16H,1-2H3/b14-8-. The number of rotatable bonds is 4. The van der Waals surface area contributed by atoms with Gasteiger partial charge >= 0.3 is 0 Å². The number of oxime groups is 1. The summed E-state index contributed by atoms with van der Waals surface area (Å²) in [6, 6.07) is 6.56. The van der Waals surface area contributed by atoms with Crippen molar-refractivity contribution in [3.8, 4) is 0 Å². The van der Waals surface area contributed by atoms with Crippen LogP contribution in [0.25, 0.3) is 0 Å². The van der Waals surface area contributed by atoms with Crippen LogP contribution in [0.1, 0.15) is 17.5 Å². The first-order chi connectivity index (χ1) is 9.42. The van der Waals surface area contributed by atoms with Gasteiger partial charge in [0, 0.05) is 5.69 Å². The second-order valence-corrected chi connectivity index (χ2v) is 7.21. The van der Waals surface area contributed by atoms with Crippen LogP contribution < -0.4 is 4.72 Å². The van der Waals surface area contributed by atoms with Crippen molar-refractivity contribution in [1.29, 1.82) is 0 Å². The Balaban J connectivity index is 2.22. The number of sulfonamides is 1. The highest BCUT2D eigenvalue weighted by atomic mass is 32.2. The first kappa shape index (κ1) is 14.5. The Morgan fingerprint density at radius 2 is 2.00 bits per heavy atom. The maximum atomic E-state index is 12.1. The van der Waals surface area contributed by atoms with E-state index in [1.54, 1.807) is 38.1 Å². The first-order valence-corrected chi connectivity index (χ1v) is 7.96. The van der Waals surface area contributed by atoms with Gasteiger partial charge in [0.25, 0.3) is 10.0 Å². The summed E-state index contributed by atoms with van der Waals surface area (Å²) < 4.78 is 26.8. The van der Waals surface area contributed by atoms with Gasteiger partial charge in [-0.3, -0.25) is 4.72 Å². The van der Waals surface area contributed by atoms with Crippen LogP contribution in [0.15, 0.2) is 39.8 Å². The maximum Gasteiger partial charge on any atom is 0.273 e. The molecular formula is C12H13N3O3S2. The number of benzene rings is 1. The summed E-state index contributed by atoms with van der Waals surface area (Å²) in [6.07, 6.45) is 1.33. The Bertz CT molecular complexity index is 734. The fourth-order valence-electron chi connectivity index (χ4n) is 1.51. The van der Waals surface area contributed by atoms with E-state index in [9.17, 15) is 8.42 Å². The van der Waals surface area contributed by atoms with Crippen molar-refractivity contribution in [2.24, 2.45) is 5.16 Å². The molecule has 0 spiro atoms. The van der Waals surface area contributed by atoms with E-state index in [4.69, 9.17) is 5.21 Å². The molecule has 0 fully saturated rings. The largest absolute Gasteiger partial charge is 0.411 e. The van der Waals surface area contributed by atoms with E-state index in [0.717, 1.165) is 11.3 Å². The predicted octanol–water partition coefficient (Wildman–Crippen LogP) is 2.45. The Morgan fingerprint density at radius 1 is 1.35 bits per heavy atom. The lowest BCUT2D eigenvalue weighted by Crippen LogP contribution is -2.11. The van der Waals surface area contributed by atoms with E-state index in [2.05, 4.69) is 14.9 Å². The first-order valence-electron chi connectivity index (χ1n) is 5.67. The van der Waals surface area contributed by atoms with E-state index in [0.29, 0.717) is 22.0 Å². The van der Waals surface area contributed by atoms with Crippen molar-refractivity contribution in [3.05, 3.63) is 41.0 Å². The summed E-state index contributed by atoms with van der Waals surface area (Å²) in [6.45, 7) is 3.40. The molecule has 0 amide bonds. The average molecular weight is 311 g/mol. The predicted molar refractivity (Wildman–Crippen MR) is 78.1 cm³/mol. The normalized spacial score (nSPS) is 12.4. The SMILES string of the molecule is C/C(=N/O)c1ccc(NS(=O)(=O)c2cnc(C)s2)cc1. The highest BCUT2D eigenvalue weighted by Crippen LogP contribution is 2.21. The lowest BCUT2D eigenvalue weighted by atomic mass is 10.1.